The zero-order valence-electron chi connectivity index (χ0n) is 11.0. The Bertz CT molecular complexity index is 387. The Labute approximate surface area is 109 Å². The predicted molar refractivity (Wildman–Crippen MR) is 73.0 cm³/mol. The molecule has 1 saturated carbocycles. The number of amides is 1. The van der Waals surface area contributed by atoms with Gasteiger partial charge in [-0.15, -0.1) is 0 Å². The van der Waals surface area contributed by atoms with Crippen molar-refractivity contribution in [1.82, 2.24) is 4.90 Å². The maximum absolute atomic E-state index is 12.4. The van der Waals surface area contributed by atoms with Crippen LogP contribution in [0.25, 0.3) is 0 Å². The maximum atomic E-state index is 12.4. The van der Waals surface area contributed by atoms with Crippen LogP contribution >= 0.6 is 0 Å². The Balaban J connectivity index is 2.02. The third-order valence-electron chi connectivity index (χ3n) is 3.41. The summed E-state index contributed by atoms with van der Waals surface area (Å²) in [6.07, 6.45) is 3.50. The van der Waals surface area contributed by atoms with E-state index in [1.54, 1.807) is 0 Å². The number of nitrogens with zero attached hydrogens (tertiary/aromatic N) is 1. The number of hydrogen-bond donors (Lipinski definition) is 1. The van der Waals surface area contributed by atoms with Crippen LogP contribution in [0.4, 0.5) is 0 Å². The van der Waals surface area contributed by atoms with Crippen molar-refractivity contribution in [2.75, 3.05) is 13.1 Å². The van der Waals surface area contributed by atoms with Gasteiger partial charge in [-0.05, 0) is 30.7 Å². The largest absolute Gasteiger partial charge is 0.341 e. The summed E-state index contributed by atoms with van der Waals surface area (Å²) < 4.78 is 0. The summed E-state index contributed by atoms with van der Waals surface area (Å²) in [5.41, 5.74) is 6.98. The Morgan fingerprint density at radius 3 is 2.61 bits per heavy atom. The first-order valence-corrected chi connectivity index (χ1v) is 6.81. The van der Waals surface area contributed by atoms with Gasteiger partial charge in [0.25, 0.3) is 0 Å². The van der Waals surface area contributed by atoms with Crippen molar-refractivity contribution in [2.45, 2.75) is 32.2 Å². The molecule has 2 N–H and O–H groups in total. The quantitative estimate of drug-likeness (QED) is 0.837. The highest BCUT2D eigenvalue weighted by molar-refractivity contribution is 5.83. The van der Waals surface area contributed by atoms with E-state index < -0.39 is 6.04 Å². The summed E-state index contributed by atoms with van der Waals surface area (Å²) >= 11 is 0. The highest BCUT2D eigenvalue weighted by Crippen LogP contribution is 2.30. The molecule has 0 unspecified atom stereocenters. The van der Waals surface area contributed by atoms with Gasteiger partial charge in [0.1, 0.15) is 6.04 Å². The fourth-order valence-electron chi connectivity index (χ4n) is 2.17. The van der Waals surface area contributed by atoms with Crippen LogP contribution in [0.15, 0.2) is 30.3 Å². The molecule has 3 heteroatoms. The van der Waals surface area contributed by atoms with E-state index >= 15 is 0 Å². The topological polar surface area (TPSA) is 46.3 Å². The average molecular weight is 246 g/mol. The van der Waals surface area contributed by atoms with Crippen LogP contribution in [-0.2, 0) is 4.79 Å². The second-order valence-electron chi connectivity index (χ2n) is 5.12. The molecule has 0 spiro atoms. The van der Waals surface area contributed by atoms with E-state index in [2.05, 4.69) is 6.92 Å². The van der Waals surface area contributed by atoms with E-state index in [0.29, 0.717) is 5.92 Å². The zero-order valence-corrected chi connectivity index (χ0v) is 11.0. The number of benzene rings is 1. The lowest BCUT2D eigenvalue weighted by molar-refractivity contribution is -0.133. The van der Waals surface area contributed by atoms with Crippen LogP contribution in [0.1, 0.15) is 37.8 Å². The normalized spacial score (nSPS) is 16.3. The van der Waals surface area contributed by atoms with Crippen LogP contribution in [0.5, 0.6) is 0 Å². The van der Waals surface area contributed by atoms with Crippen molar-refractivity contribution in [2.24, 2.45) is 11.7 Å². The van der Waals surface area contributed by atoms with Crippen molar-refractivity contribution in [3.63, 3.8) is 0 Å². The number of nitrogens with two attached hydrogens (primary N) is 1. The first-order valence-electron chi connectivity index (χ1n) is 6.81. The van der Waals surface area contributed by atoms with Gasteiger partial charge < -0.3 is 10.6 Å². The van der Waals surface area contributed by atoms with Gasteiger partial charge in [0, 0.05) is 13.1 Å². The zero-order chi connectivity index (χ0) is 13.0. The molecule has 1 aliphatic rings. The molecule has 18 heavy (non-hydrogen) atoms. The number of carbonyl (C=O) groups is 1. The number of hydrogen-bond acceptors (Lipinski definition) is 2. The second-order valence-corrected chi connectivity index (χ2v) is 5.12. The van der Waals surface area contributed by atoms with Gasteiger partial charge in [0.15, 0.2) is 0 Å². The SMILES string of the molecule is CCCN(CC1CC1)C(=O)[C@H](N)c1ccccc1. The van der Waals surface area contributed by atoms with E-state index in [0.717, 1.165) is 25.1 Å². The second kappa shape index (κ2) is 6.01. The Morgan fingerprint density at radius 1 is 1.39 bits per heavy atom. The van der Waals surface area contributed by atoms with Crippen LogP contribution < -0.4 is 5.73 Å². The minimum absolute atomic E-state index is 0.0648. The molecule has 0 aromatic heterocycles. The first-order chi connectivity index (χ1) is 8.72. The van der Waals surface area contributed by atoms with Gasteiger partial charge >= 0.3 is 0 Å². The van der Waals surface area contributed by atoms with Gasteiger partial charge in [-0.2, -0.15) is 0 Å². The molecule has 1 aromatic rings. The highest BCUT2D eigenvalue weighted by atomic mass is 16.2. The third-order valence-corrected chi connectivity index (χ3v) is 3.41. The van der Waals surface area contributed by atoms with Gasteiger partial charge in [0.05, 0.1) is 0 Å². The summed E-state index contributed by atoms with van der Waals surface area (Å²) in [4.78, 5) is 14.3. The molecule has 98 valence electrons. The molecule has 1 atom stereocenters. The fourth-order valence-corrected chi connectivity index (χ4v) is 2.17. The van der Waals surface area contributed by atoms with Gasteiger partial charge in [-0.25, -0.2) is 0 Å². The van der Waals surface area contributed by atoms with Gasteiger partial charge in [-0.3, -0.25) is 4.79 Å². The van der Waals surface area contributed by atoms with Gasteiger partial charge in [0.2, 0.25) is 5.91 Å². The van der Waals surface area contributed by atoms with Crippen molar-refractivity contribution < 1.29 is 4.79 Å². The lowest BCUT2D eigenvalue weighted by atomic mass is 10.1. The van der Waals surface area contributed by atoms with E-state index in [1.165, 1.54) is 12.8 Å². The third kappa shape index (κ3) is 3.33. The van der Waals surface area contributed by atoms with Crippen LogP contribution in [-0.4, -0.2) is 23.9 Å². The molecule has 0 bridgehead atoms. The lowest BCUT2D eigenvalue weighted by Gasteiger charge is -2.25. The van der Waals surface area contributed by atoms with Crippen LogP contribution in [0, 0.1) is 5.92 Å². The molecule has 0 saturated heterocycles. The summed E-state index contributed by atoms with van der Waals surface area (Å²) in [5, 5.41) is 0. The molecule has 0 radical (unpaired) electrons. The Kier molecular flexibility index (Phi) is 4.37. The summed E-state index contributed by atoms with van der Waals surface area (Å²) in [6.45, 7) is 3.80. The highest BCUT2D eigenvalue weighted by Gasteiger charge is 2.29. The molecule has 1 aliphatic carbocycles. The standard InChI is InChI=1S/C15H22N2O/c1-2-10-17(11-12-8-9-12)15(18)14(16)13-6-4-3-5-7-13/h3-7,12,14H,2,8-11,16H2,1H3/t14-/m1/s1. The molecular formula is C15H22N2O. The van der Waals surface area contributed by atoms with Gasteiger partial charge in [-0.1, -0.05) is 37.3 Å². The lowest BCUT2D eigenvalue weighted by Crippen LogP contribution is -2.40. The molecule has 1 fully saturated rings. The summed E-state index contributed by atoms with van der Waals surface area (Å²) in [6, 6.07) is 9.11. The van der Waals surface area contributed by atoms with E-state index in [4.69, 9.17) is 5.73 Å². The van der Waals surface area contributed by atoms with E-state index in [9.17, 15) is 4.79 Å². The minimum atomic E-state index is -0.517. The Hall–Kier alpha value is -1.35. The van der Waals surface area contributed by atoms with Crippen molar-refractivity contribution in [3.05, 3.63) is 35.9 Å². The van der Waals surface area contributed by atoms with Crippen molar-refractivity contribution in [3.8, 4) is 0 Å². The number of carbonyl (C=O) groups excluding carboxylic acids is 1. The molecule has 1 amide bonds. The molecule has 1 aromatic carbocycles. The Morgan fingerprint density at radius 2 is 2.06 bits per heavy atom. The average Bonchev–Trinajstić information content (AvgIpc) is 3.21. The minimum Gasteiger partial charge on any atom is -0.341 e. The van der Waals surface area contributed by atoms with E-state index in [-0.39, 0.29) is 5.91 Å². The van der Waals surface area contributed by atoms with Crippen molar-refractivity contribution in [1.29, 1.82) is 0 Å². The fraction of sp³-hybridized carbons (Fsp3) is 0.533. The molecule has 2 rings (SSSR count). The summed E-state index contributed by atoms with van der Waals surface area (Å²) in [7, 11) is 0. The number of rotatable bonds is 6. The monoisotopic (exact) mass is 246 g/mol. The maximum Gasteiger partial charge on any atom is 0.244 e. The predicted octanol–water partition coefficient (Wildman–Crippen LogP) is 2.34. The van der Waals surface area contributed by atoms with E-state index in [1.807, 2.05) is 35.2 Å². The van der Waals surface area contributed by atoms with Crippen LogP contribution in [0.3, 0.4) is 0 Å². The molecule has 3 nitrogen and oxygen atoms in total. The molecular weight excluding hydrogens is 224 g/mol. The molecule has 0 aliphatic heterocycles. The van der Waals surface area contributed by atoms with Crippen molar-refractivity contribution >= 4 is 5.91 Å². The molecule has 0 heterocycles. The smallest absolute Gasteiger partial charge is 0.244 e. The van der Waals surface area contributed by atoms with Crippen LogP contribution in [0.2, 0.25) is 0 Å². The summed E-state index contributed by atoms with van der Waals surface area (Å²) in [5.74, 6) is 0.776. The first kappa shape index (κ1) is 13.1.